The molecular weight excluding hydrogens is 513 g/mol. The lowest BCUT2D eigenvalue weighted by Crippen LogP contribution is -2.37. The number of benzene rings is 2. The summed E-state index contributed by atoms with van der Waals surface area (Å²) in [6.45, 7) is 6.12. The molecule has 0 spiro atoms. The van der Waals surface area contributed by atoms with E-state index < -0.39 is 5.60 Å². The van der Waals surface area contributed by atoms with Gasteiger partial charge in [-0.05, 0) is 69.0 Å². The van der Waals surface area contributed by atoms with Crippen molar-refractivity contribution in [3.63, 3.8) is 0 Å². The maximum Gasteiger partial charge on any atom is 0.161 e. The molecule has 1 atom stereocenters. The molecule has 0 saturated carbocycles. The Balaban J connectivity index is 1.29. The lowest BCUT2D eigenvalue weighted by atomic mass is 9.96. The fraction of sp³-hybridized carbons (Fsp3) is 0.464. The summed E-state index contributed by atoms with van der Waals surface area (Å²) in [5.74, 6) is 3.09. The quantitative estimate of drug-likeness (QED) is 0.307. The standard InChI is InChI=1S/C28H35Cl2N3O4/c1-21-31-11-15-33(21)13-4-16-36-27-17-22(5-8-26(27)35-2)19-32-12-3-9-28(34,10-14-32)20-37-23-6-7-24(29)25(30)18-23/h5-8,11,15,17-18,34H,3-4,9-10,12-14,16,19-20H2,1-2H3. The molecule has 1 saturated heterocycles. The van der Waals surface area contributed by atoms with Crippen LogP contribution in [0.2, 0.25) is 10.0 Å². The van der Waals surface area contributed by atoms with E-state index in [0.717, 1.165) is 61.9 Å². The van der Waals surface area contributed by atoms with Crippen molar-refractivity contribution in [2.45, 2.75) is 51.3 Å². The molecule has 0 radical (unpaired) electrons. The molecule has 1 aliphatic rings. The van der Waals surface area contributed by atoms with Crippen molar-refractivity contribution in [1.29, 1.82) is 0 Å². The molecule has 4 rings (SSSR count). The van der Waals surface area contributed by atoms with E-state index >= 15 is 0 Å². The molecule has 3 aromatic rings. The first-order valence-corrected chi connectivity index (χ1v) is 13.4. The highest BCUT2D eigenvalue weighted by Gasteiger charge is 2.31. The molecular formula is C28H35Cl2N3O4. The van der Waals surface area contributed by atoms with Gasteiger partial charge in [-0.1, -0.05) is 29.3 Å². The highest BCUT2D eigenvalue weighted by molar-refractivity contribution is 6.42. The third-order valence-corrected chi connectivity index (χ3v) is 7.51. The predicted octanol–water partition coefficient (Wildman–Crippen LogP) is 5.77. The summed E-state index contributed by atoms with van der Waals surface area (Å²) in [6, 6.07) is 11.2. The summed E-state index contributed by atoms with van der Waals surface area (Å²) in [5, 5.41) is 12.1. The Kier molecular flexibility index (Phi) is 9.60. The predicted molar refractivity (Wildman–Crippen MR) is 146 cm³/mol. The molecule has 0 aliphatic carbocycles. The Labute approximate surface area is 228 Å². The molecule has 9 heteroatoms. The second-order valence-electron chi connectivity index (χ2n) is 9.57. The normalized spacial score (nSPS) is 18.4. The van der Waals surface area contributed by atoms with Crippen LogP contribution in [0.5, 0.6) is 17.2 Å². The summed E-state index contributed by atoms with van der Waals surface area (Å²) in [4.78, 5) is 6.62. The van der Waals surface area contributed by atoms with Gasteiger partial charge in [0.25, 0.3) is 0 Å². The maximum atomic E-state index is 11.2. The third kappa shape index (κ3) is 7.77. The van der Waals surface area contributed by atoms with E-state index in [1.165, 1.54) is 0 Å². The van der Waals surface area contributed by atoms with Crippen molar-refractivity contribution in [3.8, 4) is 17.2 Å². The van der Waals surface area contributed by atoms with Gasteiger partial charge in [-0.3, -0.25) is 4.90 Å². The number of aryl methyl sites for hydroxylation is 2. The van der Waals surface area contributed by atoms with Crippen LogP contribution in [0.25, 0.3) is 0 Å². The monoisotopic (exact) mass is 547 g/mol. The number of halogens is 2. The van der Waals surface area contributed by atoms with Crippen molar-refractivity contribution in [1.82, 2.24) is 14.5 Å². The van der Waals surface area contributed by atoms with Crippen LogP contribution >= 0.6 is 23.2 Å². The Morgan fingerprint density at radius 3 is 2.65 bits per heavy atom. The van der Waals surface area contributed by atoms with Gasteiger partial charge in [0, 0.05) is 38.1 Å². The molecule has 1 N–H and O–H groups in total. The second kappa shape index (κ2) is 12.9. The highest BCUT2D eigenvalue weighted by atomic mass is 35.5. The fourth-order valence-corrected chi connectivity index (χ4v) is 4.86. The number of ether oxygens (including phenoxy) is 3. The zero-order valence-electron chi connectivity index (χ0n) is 21.5. The van der Waals surface area contributed by atoms with Crippen molar-refractivity contribution in [2.24, 2.45) is 0 Å². The second-order valence-corrected chi connectivity index (χ2v) is 10.4. The van der Waals surface area contributed by atoms with Gasteiger partial charge in [0.2, 0.25) is 0 Å². The van der Waals surface area contributed by atoms with Crippen LogP contribution < -0.4 is 14.2 Å². The van der Waals surface area contributed by atoms with Gasteiger partial charge in [-0.2, -0.15) is 0 Å². The summed E-state index contributed by atoms with van der Waals surface area (Å²) in [5.41, 5.74) is 0.265. The van der Waals surface area contributed by atoms with E-state index in [1.54, 1.807) is 25.3 Å². The summed E-state index contributed by atoms with van der Waals surface area (Å²) in [6.07, 6.45) is 6.86. The third-order valence-electron chi connectivity index (χ3n) is 6.77. The first kappa shape index (κ1) is 27.6. The minimum atomic E-state index is -0.886. The summed E-state index contributed by atoms with van der Waals surface area (Å²) >= 11 is 12.1. The Hall–Kier alpha value is -2.45. The lowest BCUT2D eigenvalue weighted by molar-refractivity contribution is -0.0168. The smallest absolute Gasteiger partial charge is 0.161 e. The van der Waals surface area contributed by atoms with Crippen molar-refractivity contribution < 1.29 is 19.3 Å². The van der Waals surface area contributed by atoms with Crippen LogP contribution in [0.1, 0.15) is 37.1 Å². The largest absolute Gasteiger partial charge is 0.493 e. The molecule has 2 heterocycles. The van der Waals surface area contributed by atoms with E-state index in [-0.39, 0.29) is 6.61 Å². The number of aliphatic hydroxyl groups is 1. The van der Waals surface area contributed by atoms with Crippen LogP contribution in [0.15, 0.2) is 48.8 Å². The molecule has 7 nitrogen and oxygen atoms in total. The number of nitrogens with zero attached hydrogens (tertiary/aromatic N) is 3. The minimum Gasteiger partial charge on any atom is -0.493 e. The van der Waals surface area contributed by atoms with Crippen LogP contribution in [-0.4, -0.2) is 58.6 Å². The number of methoxy groups -OCH3 is 1. The average Bonchev–Trinajstić information content (AvgIpc) is 3.21. The molecule has 0 bridgehead atoms. The van der Waals surface area contributed by atoms with E-state index in [0.29, 0.717) is 35.2 Å². The minimum absolute atomic E-state index is 0.220. The van der Waals surface area contributed by atoms with Crippen molar-refractivity contribution in [3.05, 3.63) is 70.2 Å². The number of likely N-dealkylation sites (tertiary alicyclic amines) is 1. The average molecular weight is 549 g/mol. The molecule has 0 amide bonds. The highest BCUT2D eigenvalue weighted by Crippen LogP contribution is 2.31. The zero-order valence-corrected chi connectivity index (χ0v) is 23.0. The van der Waals surface area contributed by atoms with E-state index in [4.69, 9.17) is 37.4 Å². The number of hydrogen-bond acceptors (Lipinski definition) is 6. The molecule has 1 unspecified atom stereocenters. The maximum absolute atomic E-state index is 11.2. The lowest BCUT2D eigenvalue weighted by Gasteiger charge is -2.27. The number of aromatic nitrogens is 2. The molecule has 37 heavy (non-hydrogen) atoms. The van der Waals surface area contributed by atoms with Crippen LogP contribution in [-0.2, 0) is 13.1 Å². The first-order valence-electron chi connectivity index (χ1n) is 12.7. The molecule has 1 fully saturated rings. The van der Waals surface area contributed by atoms with Gasteiger partial charge < -0.3 is 23.9 Å². The summed E-state index contributed by atoms with van der Waals surface area (Å²) in [7, 11) is 1.66. The van der Waals surface area contributed by atoms with Crippen LogP contribution in [0.4, 0.5) is 0 Å². The van der Waals surface area contributed by atoms with E-state index in [1.807, 2.05) is 25.4 Å². The van der Waals surface area contributed by atoms with Gasteiger partial charge in [0.1, 0.15) is 18.2 Å². The molecule has 1 aromatic heterocycles. The van der Waals surface area contributed by atoms with Gasteiger partial charge in [-0.15, -0.1) is 0 Å². The SMILES string of the molecule is COc1ccc(CN2CCCC(O)(COc3ccc(Cl)c(Cl)c3)CC2)cc1OCCCn1ccnc1C. The topological polar surface area (TPSA) is 69.0 Å². The zero-order chi connectivity index (χ0) is 26.3. The number of imidazole rings is 1. The van der Waals surface area contributed by atoms with E-state index in [9.17, 15) is 5.11 Å². The Morgan fingerprint density at radius 1 is 1.03 bits per heavy atom. The van der Waals surface area contributed by atoms with Crippen LogP contribution in [0, 0.1) is 6.92 Å². The van der Waals surface area contributed by atoms with Gasteiger partial charge in [0.15, 0.2) is 11.5 Å². The summed E-state index contributed by atoms with van der Waals surface area (Å²) < 4.78 is 19.6. The Bertz CT molecular complexity index is 1170. The first-order chi connectivity index (χ1) is 17.8. The van der Waals surface area contributed by atoms with Crippen LogP contribution in [0.3, 0.4) is 0 Å². The Morgan fingerprint density at radius 2 is 1.89 bits per heavy atom. The molecule has 200 valence electrons. The van der Waals surface area contributed by atoms with Crippen molar-refractivity contribution in [2.75, 3.05) is 33.4 Å². The van der Waals surface area contributed by atoms with Gasteiger partial charge in [-0.25, -0.2) is 4.98 Å². The number of rotatable bonds is 11. The molecule has 2 aromatic carbocycles. The molecule has 1 aliphatic heterocycles. The van der Waals surface area contributed by atoms with Gasteiger partial charge >= 0.3 is 0 Å². The fourth-order valence-electron chi connectivity index (χ4n) is 4.57. The number of hydrogen-bond donors (Lipinski definition) is 1. The van der Waals surface area contributed by atoms with E-state index in [2.05, 4.69) is 26.6 Å². The van der Waals surface area contributed by atoms with Gasteiger partial charge in [0.05, 0.1) is 29.4 Å². The van der Waals surface area contributed by atoms with Crippen molar-refractivity contribution >= 4 is 23.2 Å².